The second-order valence-electron chi connectivity index (χ2n) is 6.35. The Bertz CT molecular complexity index is 1250. The zero-order valence-corrected chi connectivity index (χ0v) is 16.4. The van der Waals surface area contributed by atoms with Gasteiger partial charge < -0.3 is 15.5 Å². The van der Waals surface area contributed by atoms with Crippen LogP contribution in [0.5, 0.6) is 0 Å². The molecule has 2 amide bonds. The first kappa shape index (κ1) is 19.3. The molecule has 0 radical (unpaired) electrons. The number of hydrogen-bond acceptors (Lipinski definition) is 6. The van der Waals surface area contributed by atoms with Gasteiger partial charge in [0, 0.05) is 22.5 Å². The summed E-state index contributed by atoms with van der Waals surface area (Å²) in [6.45, 7) is 1.84. The average molecular weight is 423 g/mol. The van der Waals surface area contributed by atoms with Gasteiger partial charge in [-0.05, 0) is 43.3 Å². The van der Waals surface area contributed by atoms with Crippen molar-refractivity contribution in [2.45, 2.75) is 6.92 Å². The van der Waals surface area contributed by atoms with Gasteiger partial charge in [-0.25, -0.2) is 9.67 Å². The number of carbonyl (C=O) groups excluding carboxylic acids is 2. The predicted octanol–water partition coefficient (Wildman–Crippen LogP) is 3.24. The Balaban J connectivity index is 1.60. The zero-order valence-electron chi connectivity index (χ0n) is 15.7. The van der Waals surface area contributed by atoms with Gasteiger partial charge in [-0.1, -0.05) is 11.6 Å². The lowest BCUT2D eigenvalue weighted by molar-refractivity contribution is 0.0996. The number of halogens is 1. The molecule has 0 bridgehead atoms. The maximum atomic E-state index is 12.6. The molecule has 0 aliphatic heterocycles. The summed E-state index contributed by atoms with van der Waals surface area (Å²) in [7, 11) is 0. The molecule has 4 aromatic rings. The summed E-state index contributed by atoms with van der Waals surface area (Å²) < 4.78 is 6.82. The number of hydrogen-bond donors (Lipinski definition) is 2. The number of rotatable bonds is 5. The summed E-state index contributed by atoms with van der Waals surface area (Å²) in [5.41, 5.74) is 7.62. The smallest absolute Gasteiger partial charge is 0.277 e. The number of amides is 2. The number of aromatic nitrogens is 4. The quantitative estimate of drug-likeness (QED) is 0.508. The van der Waals surface area contributed by atoms with Crippen LogP contribution < -0.4 is 11.1 Å². The summed E-state index contributed by atoms with van der Waals surface area (Å²) in [6, 6.07) is 10.3. The Morgan fingerprint density at radius 1 is 1.20 bits per heavy atom. The third-order valence-corrected chi connectivity index (χ3v) is 4.42. The van der Waals surface area contributed by atoms with Crippen LogP contribution in [0.15, 0.2) is 59.5 Å². The van der Waals surface area contributed by atoms with E-state index in [1.165, 1.54) is 17.1 Å². The van der Waals surface area contributed by atoms with Gasteiger partial charge in [0.2, 0.25) is 5.89 Å². The van der Waals surface area contributed by atoms with Crippen molar-refractivity contribution < 1.29 is 14.0 Å². The van der Waals surface area contributed by atoms with Crippen LogP contribution in [0.2, 0.25) is 5.02 Å². The van der Waals surface area contributed by atoms with E-state index in [4.69, 9.17) is 21.8 Å². The number of nitrogens with two attached hydrogens (primary N) is 1. The Hall–Kier alpha value is -3.98. The van der Waals surface area contributed by atoms with Crippen molar-refractivity contribution in [2.75, 3.05) is 5.32 Å². The molecule has 0 aliphatic rings. The van der Waals surface area contributed by atoms with E-state index in [0.717, 1.165) is 5.69 Å². The molecule has 3 N–H and O–H groups in total. The van der Waals surface area contributed by atoms with Crippen LogP contribution in [0.1, 0.15) is 26.7 Å². The Morgan fingerprint density at radius 2 is 1.97 bits per heavy atom. The number of anilines is 1. The van der Waals surface area contributed by atoms with E-state index in [2.05, 4.69) is 20.4 Å². The topological polar surface area (TPSA) is 129 Å². The SMILES string of the molecule is Cc1cc(-c2nc(C(=O)Nc3cn(-c4ccc(Cl)cc4)nc3C(N)=O)co2)ccn1. The average Bonchev–Trinajstić information content (AvgIpc) is 3.36. The molecule has 4 rings (SSSR count). The second-order valence-corrected chi connectivity index (χ2v) is 6.79. The molecule has 0 spiro atoms. The van der Waals surface area contributed by atoms with Crippen LogP contribution in [0.25, 0.3) is 17.1 Å². The normalized spacial score (nSPS) is 10.7. The molecule has 150 valence electrons. The minimum absolute atomic E-state index is 0.0362. The third-order valence-electron chi connectivity index (χ3n) is 4.17. The number of aryl methyl sites for hydroxylation is 1. The van der Waals surface area contributed by atoms with E-state index in [1.807, 2.05) is 6.92 Å². The van der Waals surface area contributed by atoms with E-state index in [1.54, 1.807) is 42.6 Å². The first-order chi connectivity index (χ1) is 14.4. The molecule has 0 saturated heterocycles. The Labute approximate surface area is 175 Å². The molecule has 10 heteroatoms. The second kappa shape index (κ2) is 7.80. The summed E-state index contributed by atoms with van der Waals surface area (Å²) >= 11 is 5.90. The van der Waals surface area contributed by atoms with Crippen LogP contribution in [0.3, 0.4) is 0 Å². The Morgan fingerprint density at radius 3 is 2.67 bits per heavy atom. The summed E-state index contributed by atoms with van der Waals surface area (Å²) in [5.74, 6) is -1.09. The molecule has 0 fully saturated rings. The lowest BCUT2D eigenvalue weighted by Crippen LogP contribution is -2.18. The lowest BCUT2D eigenvalue weighted by Gasteiger charge is -2.01. The minimum Gasteiger partial charge on any atom is -0.444 e. The molecule has 30 heavy (non-hydrogen) atoms. The molecule has 3 heterocycles. The van der Waals surface area contributed by atoms with E-state index < -0.39 is 11.8 Å². The van der Waals surface area contributed by atoms with Crippen molar-refractivity contribution >= 4 is 29.1 Å². The number of pyridine rings is 1. The van der Waals surface area contributed by atoms with E-state index in [0.29, 0.717) is 16.3 Å². The van der Waals surface area contributed by atoms with Crippen molar-refractivity contribution in [2.24, 2.45) is 5.73 Å². The van der Waals surface area contributed by atoms with Crippen LogP contribution >= 0.6 is 11.6 Å². The van der Waals surface area contributed by atoms with Gasteiger partial charge in [0.05, 0.1) is 17.6 Å². The minimum atomic E-state index is -0.786. The fraction of sp³-hybridized carbons (Fsp3) is 0.0500. The van der Waals surface area contributed by atoms with Gasteiger partial charge in [-0.2, -0.15) is 5.10 Å². The van der Waals surface area contributed by atoms with Crippen molar-refractivity contribution in [3.63, 3.8) is 0 Å². The number of oxazole rings is 1. The third kappa shape index (κ3) is 3.91. The molecule has 1 aromatic carbocycles. The van der Waals surface area contributed by atoms with Gasteiger partial charge >= 0.3 is 0 Å². The predicted molar refractivity (Wildman–Crippen MR) is 110 cm³/mol. The number of nitrogens with one attached hydrogen (secondary N) is 1. The van der Waals surface area contributed by atoms with Gasteiger partial charge in [0.1, 0.15) is 6.26 Å². The van der Waals surface area contributed by atoms with Crippen LogP contribution in [-0.2, 0) is 0 Å². The maximum absolute atomic E-state index is 12.6. The standard InChI is InChI=1S/C20H15ClN6O3/c1-11-8-12(6-7-23-11)20-25-16(10-30-20)19(29)24-15-9-27(26-17(15)18(22)28)14-4-2-13(21)3-5-14/h2-10H,1H3,(H2,22,28)(H,24,29). The van der Waals surface area contributed by atoms with Gasteiger partial charge in [0.15, 0.2) is 11.4 Å². The highest BCUT2D eigenvalue weighted by Crippen LogP contribution is 2.22. The van der Waals surface area contributed by atoms with Crippen molar-refractivity contribution in [3.05, 3.63) is 77.2 Å². The highest BCUT2D eigenvalue weighted by molar-refractivity contribution is 6.30. The van der Waals surface area contributed by atoms with Gasteiger partial charge in [-0.3, -0.25) is 14.6 Å². The van der Waals surface area contributed by atoms with Crippen molar-refractivity contribution in [1.29, 1.82) is 0 Å². The highest BCUT2D eigenvalue weighted by Gasteiger charge is 2.20. The molecule has 3 aromatic heterocycles. The molecule has 0 atom stereocenters. The molecule has 9 nitrogen and oxygen atoms in total. The fourth-order valence-corrected chi connectivity index (χ4v) is 2.88. The van der Waals surface area contributed by atoms with Crippen molar-refractivity contribution in [1.82, 2.24) is 19.7 Å². The molecular weight excluding hydrogens is 408 g/mol. The van der Waals surface area contributed by atoms with E-state index in [-0.39, 0.29) is 23.0 Å². The highest BCUT2D eigenvalue weighted by atomic mass is 35.5. The summed E-state index contributed by atoms with van der Waals surface area (Å²) in [5, 5.41) is 7.31. The molecule has 0 unspecified atom stereocenters. The Kier molecular flexibility index (Phi) is 5.03. The fourth-order valence-electron chi connectivity index (χ4n) is 2.75. The summed E-state index contributed by atoms with van der Waals surface area (Å²) in [6.07, 6.45) is 4.33. The van der Waals surface area contributed by atoms with E-state index >= 15 is 0 Å². The maximum Gasteiger partial charge on any atom is 0.277 e. The van der Waals surface area contributed by atoms with Gasteiger partial charge in [-0.15, -0.1) is 0 Å². The van der Waals surface area contributed by atoms with Crippen LogP contribution in [-0.4, -0.2) is 31.6 Å². The molecular formula is C20H15ClN6O3. The van der Waals surface area contributed by atoms with E-state index in [9.17, 15) is 9.59 Å². The first-order valence-corrected chi connectivity index (χ1v) is 9.14. The lowest BCUT2D eigenvalue weighted by atomic mass is 10.2. The van der Waals surface area contributed by atoms with Crippen molar-refractivity contribution in [3.8, 4) is 17.1 Å². The van der Waals surface area contributed by atoms with Crippen LogP contribution in [0, 0.1) is 6.92 Å². The number of benzene rings is 1. The van der Waals surface area contributed by atoms with Gasteiger partial charge in [0.25, 0.3) is 11.8 Å². The zero-order chi connectivity index (χ0) is 21.3. The summed E-state index contributed by atoms with van der Waals surface area (Å²) in [4.78, 5) is 32.7. The number of primary amides is 1. The number of carbonyl (C=O) groups is 2. The largest absolute Gasteiger partial charge is 0.444 e. The molecule has 0 aliphatic carbocycles. The number of nitrogens with zero attached hydrogens (tertiary/aromatic N) is 4. The monoisotopic (exact) mass is 422 g/mol. The van der Waals surface area contributed by atoms with Crippen LogP contribution in [0.4, 0.5) is 5.69 Å². The first-order valence-electron chi connectivity index (χ1n) is 8.76. The molecule has 0 saturated carbocycles.